The molecule has 1 fully saturated rings. The van der Waals surface area contributed by atoms with Gasteiger partial charge in [0.15, 0.2) is 5.58 Å². The van der Waals surface area contributed by atoms with Gasteiger partial charge in [-0.15, -0.1) is 0 Å². The molecule has 3 N–H and O–H groups in total. The maximum absolute atomic E-state index is 11.7. The minimum absolute atomic E-state index is 0.0440. The van der Waals surface area contributed by atoms with Crippen LogP contribution in [0.4, 0.5) is 6.01 Å². The van der Waals surface area contributed by atoms with E-state index >= 15 is 0 Å². The molecule has 1 aromatic carbocycles. The second-order valence-corrected chi connectivity index (χ2v) is 6.81. The summed E-state index contributed by atoms with van der Waals surface area (Å²) in [7, 11) is 1.55. The number of amides is 1. The lowest BCUT2D eigenvalue weighted by Crippen LogP contribution is -2.36. The maximum Gasteiger partial charge on any atom is 0.295 e. The molecule has 0 radical (unpaired) electrons. The van der Waals surface area contributed by atoms with Crippen LogP contribution in [0.2, 0.25) is 0 Å². The number of nitrogens with one attached hydrogen (secondary N) is 2. The van der Waals surface area contributed by atoms with Gasteiger partial charge in [-0.25, -0.2) is 0 Å². The van der Waals surface area contributed by atoms with Crippen molar-refractivity contribution in [2.45, 2.75) is 37.8 Å². The number of hydrogen-bond acceptors (Lipinski definition) is 7. The molecule has 1 saturated carbocycles. The number of nitrogens with zero attached hydrogens (tertiary/aromatic N) is 2. The van der Waals surface area contributed by atoms with E-state index < -0.39 is 0 Å². The molecular formula is C20H22N4O4. The van der Waals surface area contributed by atoms with Crippen LogP contribution in [0.3, 0.4) is 0 Å². The van der Waals surface area contributed by atoms with Gasteiger partial charge in [0.05, 0.1) is 12.1 Å². The van der Waals surface area contributed by atoms with Crippen molar-refractivity contribution in [1.29, 1.82) is 0 Å². The van der Waals surface area contributed by atoms with Gasteiger partial charge in [-0.05, 0) is 31.0 Å². The Hall–Kier alpha value is -3.13. The number of aliphatic hydroxyl groups excluding tert-OH is 1. The summed E-state index contributed by atoms with van der Waals surface area (Å²) < 4.78 is 11.6. The van der Waals surface area contributed by atoms with E-state index in [1.54, 1.807) is 37.4 Å². The van der Waals surface area contributed by atoms with Crippen LogP contribution in [0, 0.1) is 0 Å². The van der Waals surface area contributed by atoms with Crippen molar-refractivity contribution >= 4 is 23.0 Å². The highest BCUT2D eigenvalue weighted by Gasteiger charge is 2.24. The Morgan fingerprint density at radius 3 is 2.86 bits per heavy atom. The molecule has 2 heterocycles. The molecule has 2 atom stereocenters. The molecule has 2 aromatic heterocycles. The molecule has 1 aliphatic carbocycles. The number of benzene rings is 1. The molecule has 1 aliphatic rings. The standard InChI is InChI=1S/C20H22N4O4/c1-21-19(26)16-10-13(8-9-22-16)27-12-6-7-15-18(11-12)28-20(24-15)23-14-4-2-3-5-17(14)25/h6-11,14,17,25H,2-5H2,1H3,(H,21,26)(H,23,24)/t14-,17-/m0/s1. The Labute approximate surface area is 161 Å². The molecule has 146 valence electrons. The van der Waals surface area contributed by atoms with Crippen LogP contribution in [-0.4, -0.2) is 40.2 Å². The zero-order valence-corrected chi connectivity index (χ0v) is 15.5. The number of carbonyl (C=O) groups excluding carboxylic acids is 1. The first-order valence-electron chi connectivity index (χ1n) is 9.33. The molecule has 4 rings (SSSR count). The van der Waals surface area contributed by atoms with Gasteiger partial charge in [-0.3, -0.25) is 9.78 Å². The molecule has 8 heteroatoms. The van der Waals surface area contributed by atoms with Crippen molar-refractivity contribution in [3.8, 4) is 11.5 Å². The van der Waals surface area contributed by atoms with Gasteiger partial charge >= 0.3 is 0 Å². The SMILES string of the molecule is CNC(=O)c1cc(Oc2ccc3nc(N[C@H]4CCCC[C@@H]4O)oc3c2)ccn1. The fraction of sp³-hybridized carbons (Fsp3) is 0.350. The van der Waals surface area contributed by atoms with Crippen LogP contribution in [0.25, 0.3) is 11.1 Å². The fourth-order valence-electron chi connectivity index (χ4n) is 3.33. The Morgan fingerprint density at radius 2 is 2.04 bits per heavy atom. The summed E-state index contributed by atoms with van der Waals surface area (Å²) in [5, 5.41) is 15.8. The normalized spacial score (nSPS) is 19.4. The number of ether oxygens (including phenoxy) is 1. The molecule has 8 nitrogen and oxygen atoms in total. The van der Waals surface area contributed by atoms with Crippen LogP contribution in [0.5, 0.6) is 11.5 Å². The van der Waals surface area contributed by atoms with Gasteiger partial charge in [0.1, 0.15) is 22.7 Å². The van der Waals surface area contributed by atoms with Gasteiger partial charge < -0.3 is 24.9 Å². The third kappa shape index (κ3) is 3.91. The van der Waals surface area contributed by atoms with Crippen LogP contribution < -0.4 is 15.4 Å². The van der Waals surface area contributed by atoms with Crippen molar-refractivity contribution in [2.24, 2.45) is 0 Å². The fourth-order valence-corrected chi connectivity index (χ4v) is 3.33. The predicted molar refractivity (Wildman–Crippen MR) is 104 cm³/mol. The predicted octanol–water partition coefficient (Wildman–Crippen LogP) is 3.09. The zero-order chi connectivity index (χ0) is 19.5. The second kappa shape index (κ2) is 7.85. The second-order valence-electron chi connectivity index (χ2n) is 6.81. The number of rotatable bonds is 5. The Balaban J connectivity index is 1.51. The van der Waals surface area contributed by atoms with Crippen LogP contribution in [0.15, 0.2) is 40.9 Å². The molecule has 0 unspecified atom stereocenters. The average Bonchev–Trinajstić information content (AvgIpc) is 3.11. The summed E-state index contributed by atoms with van der Waals surface area (Å²) in [5.74, 6) is 0.773. The van der Waals surface area contributed by atoms with E-state index in [0.717, 1.165) is 25.7 Å². The van der Waals surface area contributed by atoms with Gasteiger partial charge in [0.25, 0.3) is 11.9 Å². The number of oxazole rings is 1. The zero-order valence-electron chi connectivity index (χ0n) is 15.5. The lowest BCUT2D eigenvalue weighted by molar-refractivity contribution is 0.0957. The van der Waals surface area contributed by atoms with Gasteiger partial charge in [-0.1, -0.05) is 12.8 Å². The van der Waals surface area contributed by atoms with Crippen molar-refractivity contribution in [1.82, 2.24) is 15.3 Å². The number of carbonyl (C=O) groups is 1. The first-order valence-corrected chi connectivity index (χ1v) is 9.33. The summed E-state index contributed by atoms with van der Waals surface area (Å²) in [6.07, 6.45) is 4.94. The van der Waals surface area contributed by atoms with Gasteiger partial charge in [0.2, 0.25) is 0 Å². The lowest BCUT2D eigenvalue weighted by atomic mass is 9.93. The summed E-state index contributed by atoms with van der Waals surface area (Å²) in [6, 6.07) is 8.92. The number of pyridine rings is 1. The highest BCUT2D eigenvalue weighted by Crippen LogP contribution is 2.29. The van der Waals surface area contributed by atoms with Gasteiger partial charge in [-0.2, -0.15) is 4.98 Å². The minimum atomic E-state index is -0.385. The van der Waals surface area contributed by atoms with Crippen molar-refractivity contribution < 1.29 is 19.1 Å². The quantitative estimate of drug-likeness (QED) is 0.622. The van der Waals surface area contributed by atoms with Crippen LogP contribution in [0.1, 0.15) is 36.2 Å². The highest BCUT2D eigenvalue weighted by atomic mass is 16.5. The smallest absolute Gasteiger partial charge is 0.295 e. The highest BCUT2D eigenvalue weighted by molar-refractivity contribution is 5.92. The summed E-state index contributed by atoms with van der Waals surface area (Å²) in [5.41, 5.74) is 1.55. The van der Waals surface area contributed by atoms with Crippen LogP contribution in [-0.2, 0) is 0 Å². The summed E-state index contributed by atoms with van der Waals surface area (Å²) >= 11 is 0. The van der Waals surface area contributed by atoms with E-state index in [1.807, 2.05) is 0 Å². The monoisotopic (exact) mass is 382 g/mol. The first-order chi connectivity index (χ1) is 13.6. The average molecular weight is 382 g/mol. The molecular weight excluding hydrogens is 360 g/mol. The van der Waals surface area contributed by atoms with Crippen molar-refractivity contribution in [3.05, 3.63) is 42.2 Å². The van der Waals surface area contributed by atoms with Crippen molar-refractivity contribution in [2.75, 3.05) is 12.4 Å². The van der Waals surface area contributed by atoms with E-state index in [9.17, 15) is 9.90 Å². The molecule has 1 amide bonds. The molecule has 28 heavy (non-hydrogen) atoms. The first kappa shape index (κ1) is 18.2. The number of hydrogen-bond donors (Lipinski definition) is 3. The number of anilines is 1. The van der Waals surface area contributed by atoms with E-state index in [0.29, 0.717) is 28.6 Å². The van der Waals surface area contributed by atoms with E-state index in [1.165, 1.54) is 6.20 Å². The third-order valence-corrected chi connectivity index (χ3v) is 4.83. The summed E-state index contributed by atoms with van der Waals surface area (Å²) in [6.45, 7) is 0. The summed E-state index contributed by atoms with van der Waals surface area (Å²) in [4.78, 5) is 20.2. The number of aliphatic hydroxyl groups is 1. The molecule has 0 aliphatic heterocycles. The maximum atomic E-state index is 11.7. The molecule has 0 bridgehead atoms. The minimum Gasteiger partial charge on any atom is -0.457 e. The van der Waals surface area contributed by atoms with Gasteiger partial charge in [0, 0.05) is 25.4 Å². The Morgan fingerprint density at radius 1 is 1.21 bits per heavy atom. The lowest BCUT2D eigenvalue weighted by Gasteiger charge is -2.27. The van der Waals surface area contributed by atoms with Crippen molar-refractivity contribution in [3.63, 3.8) is 0 Å². The third-order valence-electron chi connectivity index (χ3n) is 4.83. The van der Waals surface area contributed by atoms with E-state index in [-0.39, 0.29) is 23.7 Å². The van der Waals surface area contributed by atoms with Crippen LogP contribution >= 0.6 is 0 Å². The number of fused-ring (bicyclic) bond motifs is 1. The number of aromatic nitrogens is 2. The van der Waals surface area contributed by atoms with E-state index in [4.69, 9.17) is 9.15 Å². The Kier molecular flexibility index (Phi) is 5.12. The molecule has 0 saturated heterocycles. The van der Waals surface area contributed by atoms with E-state index in [2.05, 4.69) is 20.6 Å². The largest absolute Gasteiger partial charge is 0.457 e. The topological polar surface area (TPSA) is 110 Å². The molecule has 3 aromatic rings. The Bertz CT molecular complexity index is 987. The molecule has 0 spiro atoms.